The quantitative estimate of drug-likeness (QED) is 0.735. The number of benzene rings is 2. The van der Waals surface area contributed by atoms with Crippen molar-refractivity contribution in [3.05, 3.63) is 53.1 Å². The van der Waals surface area contributed by atoms with E-state index in [0.29, 0.717) is 11.8 Å². The Balaban J connectivity index is 2.07. The smallest absolute Gasteiger partial charge is 0.323 e. The second-order valence-corrected chi connectivity index (χ2v) is 4.28. The number of rotatable bonds is 2. The average molecular weight is 299 g/mol. The molecular weight excluding hydrogens is 290 g/mol. The average Bonchev–Trinajstić information content (AvgIpc) is 2.37. The maximum absolute atomic E-state index is 13.3. The number of anilines is 2. The van der Waals surface area contributed by atoms with Crippen LogP contribution in [-0.2, 0) is 0 Å². The Hall–Kier alpha value is -2.34. The molecule has 104 valence electrons. The summed E-state index contributed by atoms with van der Waals surface area (Å²) in [5.41, 5.74) is 0.154. The van der Waals surface area contributed by atoms with Gasteiger partial charge in [-0.05, 0) is 30.3 Å². The van der Waals surface area contributed by atoms with Gasteiger partial charge in [-0.3, -0.25) is 0 Å². The Morgan fingerprint density at radius 2 is 1.85 bits per heavy atom. The van der Waals surface area contributed by atoms with E-state index in [1.54, 1.807) is 0 Å². The second kappa shape index (κ2) is 5.75. The Morgan fingerprint density at radius 3 is 2.50 bits per heavy atom. The molecule has 2 aromatic carbocycles. The van der Waals surface area contributed by atoms with Gasteiger partial charge in [-0.1, -0.05) is 11.6 Å². The SMILES string of the molecule is O=C(Nc1ccc(O)c(Cl)c1)Nc1ccc(F)cc1F. The van der Waals surface area contributed by atoms with Gasteiger partial charge in [-0.25, -0.2) is 13.6 Å². The van der Waals surface area contributed by atoms with Crippen molar-refractivity contribution in [1.29, 1.82) is 0 Å². The van der Waals surface area contributed by atoms with Crippen molar-refractivity contribution in [2.75, 3.05) is 10.6 Å². The summed E-state index contributed by atoms with van der Waals surface area (Å²) in [5, 5.41) is 13.9. The van der Waals surface area contributed by atoms with Gasteiger partial charge in [-0.15, -0.1) is 0 Å². The highest BCUT2D eigenvalue weighted by Crippen LogP contribution is 2.26. The van der Waals surface area contributed by atoms with Gasteiger partial charge in [-0.2, -0.15) is 0 Å². The highest BCUT2D eigenvalue weighted by Gasteiger charge is 2.09. The Bertz CT molecular complexity index is 665. The fraction of sp³-hybridized carbons (Fsp3) is 0. The summed E-state index contributed by atoms with van der Waals surface area (Å²) in [6, 6.07) is 6.12. The van der Waals surface area contributed by atoms with E-state index in [-0.39, 0.29) is 16.5 Å². The molecule has 7 heteroatoms. The third-order valence-electron chi connectivity index (χ3n) is 2.38. The first-order chi connectivity index (χ1) is 9.45. The van der Waals surface area contributed by atoms with Gasteiger partial charge in [0, 0.05) is 11.8 Å². The summed E-state index contributed by atoms with van der Waals surface area (Å²) < 4.78 is 26.0. The van der Waals surface area contributed by atoms with Crippen molar-refractivity contribution in [3.63, 3.8) is 0 Å². The minimum atomic E-state index is -0.885. The van der Waals surface area contributed by atoms with E-state index in [1.807, 2.05) is 0 Å². The zero-order chi connectivity index (χ0) is 14.7. The number of phenols is 1. The van der Waals surface area contributed by atoms with Crippen molar-refractivity contribution >= 4 is 29.0 Å². The molecule has 0 bridgehead atoms. The predicted molar refractivity (Wildman–Crippen MR) is 72.1 cm³/mol. The number of nitrogens with one attached hydrogen (secondary N) is 2. The fourth-order valence-corrected chi connectivity index (χ4v) is 1.64. The largest absolute Gasteiger partial charge is 0.506 e. The topological polar surface area (TPSA) is 61.4 Å². The summed E-state index contributed by atoms with van der Waals surface area (Å²) in [5.74, 6) is -1.75. The minimum absolute atomic E-state index is 0.0655. The summed E-state index contributed by atoms with van der Waals surface area (Å²) in [4.78, 5) is 11.6. The van der Waals surface area contributed by atoms with Crippen LogP contribution in [-0.4, -0.2) is 11.1 Å². The molecule has 0 saturated carbocycles. The van der Waals surface area contributed by atoms with E-state index in [2.05, 4.69) is 10.6 Å². The molecule has 0 atom stereocenters. The number of amides is 2. The number of halogens is 3. The number of hydrogen-bond acceptors (Lipinski definition) is 2. The molecule has 0 aliphatic heterocycles. The van der Waals surface area contributed by atoms with Crippen molar-refractivity contribution in [3.8, 4) is 5.75 Å². The Morgan fingerprint density at radius 1 is 1.10 bits per heavy atom. The molecular formula is C13H9ClF2N2O2. The minimum Gasteiger partial charge on any atom is -0.506 e. The number of urea groups is 1. The number of hydrogen-bond donors (Lipinski definition) is 3. The first-order valence-electron chi connectivity index (χ1n) is 5.47. The zero-order valence-corrected chi connectivity index (χ0v) is 10.7. The van der Waals surface area contributed by atoms with Gasteiger partial charge in [0.2, 0.25) is 0 Å². The van der Waals surface area contributed by atoms with Crippen LogP contribution in [0.1, 0.15) is 0 Å². The van der Waals surface area contributed by atoms with Gasteiger partial charge in [0.05, 0.1) is 10.7 Å². The molecule has 0 aromatic heterocycles. The number of aromatic hydroxyl groups is 1. The molecule has 0 unspecified atom stereocenters. The molecule has 0 aliphatic carbocycles. The van der Waals surface area contributed by atoms with E-state index in [1.165, 1.54) is 18.2 Å². The van der Waals surface area contributed by atoms with Crippen LogP contribution < -0.4 is 10.6 Å². The summed E-state index contributed by atoms with van der Waals surface area (Å²) >= 11 is 5.68. The predicted octanol–water partition coefficient (Wildman–Crippen LogP) is 3.97. The Labute approximate surface area is 118 Å². The van der Waals surface area contributed by atoms with Crippen LogP contribution in [0.3, 0.4) is 0 Å². The summed E-state index contributed by atoms with van der Waals surface area (Å²) in [6.07, 6.45) is 0. The molecule has 2 aromatic rings. The molecule has 2 rings (SSSR count). The number of phenolic OH excluding ortho intramolecular Hbond substituents is 1. The van der Waals surface area contributed by atoms with Crippen LogP contribution in [0.4, 0.5) is 25.0 Å². The monoisotopic (exact) mass is 298 g/mol. The van der Waals surface area contributed by atoms with Crippen molar-refractivity contribution in [2.45, 2.75) is 0 Å². The normalized spacial score (nSPS) is 10.2. The lowest BCUT2D eigenvalue weighted by molar-refractivity contribution is 0.262. The van der Waals surface area contributed by atoms with Crippen molar-refractivity contribution in [1.82, 2.24) is 0 Å². The molecule has 2 amide bonds. The lowest BCUT2D eigenvalue weighted by Gasteiger charge is -2.09. The van der Waals surface area contributed by atoms with Gasteiger partial charge >= 0.3 is 6.03 Å². The van der Waals surface area contributed by atoms with E-state index < -0.39 is 17.7 Å². The van der Waals surface area contributed by atoms with Crippen LogP contribution in [0.15, 0.2) is 36.4 Å². The van der Waals surface area contributed by atoms with Crippen LogP contribution >= 0.6 is 11.6 Å². The highest BCUT2D eigenvalue weighted by molar-refractivity contribution is 6.32. The maximum Gasteiger partial charge on any atom is 0.323 e. The zero-order valence-electron chi connectivity index (χ0n) is 9.95. The van der Waals surface area contributed by atoms with Crippen molar-refractivity contribution in [2.24, 2.45) is 0 Å². The summed E-state index contributed by atoms with van der Waals surface area (Å²) in [7, 11) is 0. The second-order valence-electron chi connectivity index (χ2n) is 3.87. The van der Waals surface area contributed by atoms with E-state index in [9.17, 15) is 18.7 Å². The molecule has 3 N–H and O–H groups in total. The first-order valence-corrected chi connectivity index (χ1v) is 5.85. The van der Waals surface area contributed by atoms with Crippen LogP contribution in [0, 0.1) is 11.6 Å². The molecule has 0 fully saturated rings. The molecule has 4 nitrogen and oxygen atoms in total. The highest BCUT2D eigenvalue weighted by atomic mass is 35.5. The van der Waals surface area contributed by atoms with E-state index in [4.69, 9.17) is 11.6 Å². The van der Waals surface area contributed by atoms with E-state index >= 15 is 0 Å². The lowest BCUT2D eigenvalue weighted by atomic mass is 10.3. The number of carbonyl (C=O) groups is 1. The molecule has 0 aliphatic rings. The molecule has 0 radical (unpaired) electrons. The van der Waals surface area contributed by atoms with Crippen molar-refractivity contribution < 1.29 is 18.7 Å². The van der Waals surface area contributed by atoms with Gasteiger partial charge in [0.1, 0.15) is 17.4 Å². The van der Waals surface area contributed by atoms with Gasteiger partial charge in [0.15, 0.2) is 0 Å². The third kappa shape index (κ3) is 3.36. The maximum atomic E-state index is 13.3. The summed E-state index contributed by atoms with van der Waals surface area (Å²) in [6.45, 7) is 0. The van der Waals surface area contributed by atoms with Crippen LogP contribution in [0.25, 0.3) is 0 Å². The van der Waals surface area contributed by atoms with Crippen LogP contribution in [0.2, 0.25) is 5.02 Å². The lowest BCUT2D eigenvalue weighted by Crippen LogP contribution is -2.20. The standard InChI is InChI=1S/C13H9ClF2N2O2/c14-9-6-8(2-4-12(9)19)17-13(20)18-11-3-1-7(15)5-10(11)16/h1-6,19H,(H2,17,18,20). The number of carbonyl (C=O) groups excluding carboxylic acids is 1. The van der Waals surface area contributed by atoms with Crippen LogP contribution in [0.5, 0.6) is 5.75 Å². The first kappa shape index (κ1) is 14.1. The fourth-order valence-electron chi connectivity index (χ4n) is 1.46. The Kier molecular flexibility index (Phi) is 4.05. The third-order valence-corrected chi connectivity index (χ3v) is 2.69. The van der Waals surface area contributed by atoms with Gasteiger partial charge < -0.3 is 15.7 Å². The molecule has 0 heterocycles. The molecule has 0 spiro atoms. The molecule has 0 saturated heterocycles. The van der Waals surface area contributed by atoms with E-state index in [0.717, 1.165) is 12.1 Å². The van der Waals surface area contributed by atoms with Gasteiger partial charge in [0.25, 0.3) is 0 Å². The molecule has 20 heavy (non-hydrogen) atoms.